The van der Waals surface area contributed by atoms with Gasteiger partial charge in [-0.3, -0.25) is 19.2 Å². The predicted molar refractivity (Wildman–Crippen MR) is 133 cm³/mol. The average Bonchev–Trinajstić information content (AvgIpc) is 3.22. The molecule has 1 heterocycles. The van der Waals surface area contributed by atoms with Gasteiger partial charge in [-0.1, -0.05) is 97.1 Å². The van der Waals surface area contributed by atoms with E-state index in [4.69, 9.17) is 0 Å². The first-order valence-corrected chi connectivity index (χ1v) is 11.3. The van der Waals surface area contributed by atoms with Gasteiger partial charge in [0.25, 0.3) is 0 Å². The van der Waals surface area contributed by atoms with Crippen LogP contribution in [0.2, 0.25) is 0 Å². The molecule has 0 aromatic heterocycles. The van der Waals surface area contributed by atoms with Crippen LogP contribution in [-0.2, 0) is 9.59 Å². The van der Waals surface area contributed by atoms with Gasteiger partial charge in [-0.15, -0.1) is 0 Å². The summed E-state index contributed by atoms with van der Waals surface area (Å²) in [5.74, 6) is -2.93. The van der Waals surface area contributed by atoms with Gasteiger partial charge in [0.15, 0.2) is 11.6 Å². The van der Waals surface area contributed by atoms with E-state index in [9.17, 15) is 19.2 Å². The Morgan fingerprint density at radius 2 is 1.23 bits per heavy atom. The lowest BCUT2D eigenvalue weighted by molar-refractivity contribution is -0.121. The molecule has 1 fully saturated rings. The van der Waals surface area contributed by atoms with Crippen LogP contribution in [0.3, 0.4) is 0 Å². The first-order valence-electron chi connectivity index (χ1n) is 11.3. The minimum Gasteiger partial charge on any atom is -0.293 e. The number of benzene rings is 4. The average molecular weight is 460 g/mol. The van der Waals surface area contributed by atoms with Gasteiger partial charge in [0, 0.05) is 23.1 Å². The van der Waals surface area contributed by atoms with Gasteiger partial charge in [-0.2, -0.15) is 0 Å². The number of anilines is 1. The lowest BCUT2D eigenvalue weighted by atomic mass is 9.95. The molecule has 35 heavy (non-hydrogen) atoms. The Labute approximate surface area is 202 Å². The van der Waals surface area contributed by atoms with Gasteiger partial charge in [-0.05, 0) is 23.3 Å². The van der Waals surface area contributed by atoms with Gasteiger partial charge in [0.2, 0.25) is 11.8 Å². The number of hydrogen-bond donors (Lipinski definition) is 0. The summed E-state index contributed by atoms with van der Waals surface area (Å²) in [6, 6.07) is 31.8. The molecule has 170 valence electrons. The summed E-state index contributed by atoms with van der Waals surface area (Å²) in [5, 5.41) is 0. The number of carbonyl (C=O) groups is 4. The molecule has 2 amide bonds. The fourth-order valence-corrected chi connectivity index (χ4v) is 4.36. The number of Topliss-reactive ketones (excluding diaryl/α,β-unsaturated/α-hetero) is 1. The molecule has 5 nitrogen and oxygen atoms in total. The van der Waals surface area contributed by atoms with Crippen molar-refractivity contribution in [3.63, 3.8) is 0 Å². The molecule has 0 N–H and O–H groups in total. The van der Waals surface area contributed by atoms with Crippen LogP contribution in [0, 0.1) is 5.92 Å². The van der Waals surface area contributed by atoms with Crippen LogP contribution in [0.4, 0.5) is 5.69 Å². The molecule has 1 atom stereocenters. The zero-order valence-corrected chi connectivity index (χ0v) is 18.8. The highest BCUT2D eigenvalue weighted by Crippen LogP contribution is 2.35. The lowest BCUT2D eigenvalue weighted by Gasteiger charge is -2.19. The van der Waals surface area contributed by atoms with Crippen LogP contribution in [0.1, 0.15) is 32.7 Å². The second-order valence-electron chi connectivity index (χ2n) is 8.35. The van der Waals surface area contributed by atoms with E-state index in [1.54, 1.807) is 72.8 Å². The maximum absolute atomic E-state index is 13.5. The number of amides is 2. The number of nitrogens with zero attached hydrogens (tertiary/aromatic N) is 1. The molecular formula is C30H21NO4. The SMILES string of the molecule is O=C(c1ccccc1)c1cc(-c2ccccc2)ccc1N1C(=O)CC(C(=O)c2ccccc2)C1=O. The summed E-state index contributed by atoms with van der Waals surface area (Å²) < 4.78 is 0. The normalized spacial score (nSPS) is 15.3. The highest BCUT2D eigenvalue weighted by atomic mass is 16.2. The van der Waals surface area contributed by atoms with E-state index in [1.165, 1.54) is 0 Å². The first-order chi connectivity index (χ1) is 17.0. The standard InChI is InChI=1S/C30H21NO4/c32-27-19-25(29(34)22-14-8-3-9-15-22)30(35)31(27)26-17-16-23(20-10-4-1-5-11-20)18-24(26)28(33)21-12-6-2-7-13-21/h1-18,25H,19H2. The topological polar surface area (TPSA) is 71.5 Å². The Kier molecular flexibility index (Phi) is 5.90. The molecule has 4 aromatic carbocycles. The third-order valence-corrected chi connectivity index (χ3v) is 6.15. The zero-order valence-electron chi connectivity index (χ0n) is 18.8. The van der Waals surface area contributed by atoms with Crippen molar-refractivity contribution in [1.82, 2.24) is 0 Å². The van der Waals surface area contributed by atoms with Gasteiger partial charge in [-0.25, -0.2) is 4.90 Å². The van der Waals surface area contributed by atoms with Crippen molar-refractivity contribution in [1.29, 1.82) is 0 Å². The number of rotatable bonds is 6. The smallest absolute Gasteiger partial charge is 0.245 e. The molecule has 1 aliphatic heterocycles. The highest BCUT2D eigenvalue weighted by Gasteiger charge is 2.44. The van der Waals surface area contributed by atoms with Crippen molar-refractivity contribution in [3.05, 3.63) is 126 Å². The number of hydrogen-bond acceptors (Lipinski definition) is 4. The molecule has 1 aliphatic rings. The lowest BCUT2D eigenvalue weighted by Crippen LogP contribution is -2.33. The van der Waals surface area contributed by atoms with Crippen molar-refractivity contribution in [2.45, 2.75) is 6.42 Å². The van der Waals surface area contributed by atoms with E-state index in [0.29, 0.717) is 11.1 Å². The minimum absolute atomic E-state index is 0.192. The quantitative estimate of drug-likeness (QED) is 0.221. The van der Waals surface area contributed by atoms with Crippen molar-refractivity contribution in [2.75, 3.05) is 4.90 Å². The third-order valence-electron chi connectivity index (χ3n) is 6.15. The molecule has 0 spiro atoms. The van der Waals surface area contributed by atoms with Crippen molar-refractivity contribution in [2.24, 2.45) is 5.92 Å². The van der Waals surface area contributed by atoms with Crippen molar-refractivity contribution < 1.29 is 19.2 Å². The Morgan fingerprint density at radius 3 is 1.86 bits per heavy atom. The van der Waals surface area contributed by atoms with Crippen LogP contribution in [0.15, 0.2) is 109 Å². The maximum atomic E-state index is 13.5. The zero-order chi connectivity index (χ0) is 24.4. The Morgan fingerprint density at radius 1 is 0.657 bits per heavy atom. The minimum atomic E-state index is -1.11. The Balaban J connectivity index is 1.58. The summed E-state index contributed by atoms with van der Waals surface area (Å²) in [7, 11) is 0. The van der Waals surface area contributed by atoms with Crippen LogP contribution in [0.25, 0.3) is 11.1 Å². The summed E-state index contributed by atoms with van der Waals surface area (Å²) in [6.07, 6.45) is -0.230. The molecule has 5 rings (SSSR count). The molecule has 4 aromatic rings. The molecule has 1 unspecified atom stereocenters. The van der Waals surface area contributed by atoms with Crippen molar-refractivity contribution in [3.8, 4) is 11.1 Å². The Hall–Kier alpha value is -4.64. The highest BCUT2D eigenvalue weighted by molar-refractivity contribution is 6.30. The van der Waals surface area contributed by atoms with Crippen LogP contribution >= 0.6 is 0 Å². The van der Waals surface area contributed by atoms with E-state index in [1.807, 2.05) is 36.4 Å². The van der Waals surface area contributed by atoms with E-state index in [0.717, 1.165) is 16.0 Å². The molecule has 0 radical (unpaired) electrons. The number of ketones is 2. The fourth-order valence-electron chi connectivity index (χ4n) is 4.36. The number of imide groups is 1. The molecule has 0 bridgehead atoms. The largest absolute Gasteiger partial charge is 0.293 e. The molecule has 0 saturated carbocycles. The van der Waals surface area contributed by atoms with Crippen molar-refractivity contribution >= 4 is 29.1 Å². The van der Waals surface area contributed by atoms with Crippen LogP contribution in [-0.4, -0.2) is 23.4 Å². The third kappa shape index (κ3) is 4.20. The van der Waals surface area contributed by atoms with Gasteiger partial charge >= 0.3 is 0 Å². The van der Waals surface area contributed by atoms with Crippen LogP contribution in [0.5, 0.6) is 0 Å². The summed E-state index contributed by atoms with van der Waals surface area (Å²) in [4.78, 5) is 53.9. The molecule has 5 heteroatoms. The molecule has 0 aliphatic carbocycles. The van der Waals surface area contributed by atoms with Gasteiger partial charge in [0.1, 0.15) is 5.92 Å². The Bertz CT molecular complexity index is 1430. The molecular weight excluding hydrogens is 438 g/mol. The maximum Gasteiger partial charge on any atom is 0.245 e. The summed E-state index contributed by atoms with van der Waals surface area (Å²) in [5.41, 5.74) is 2.92. The van der Waals surface area contributed by atoms with Gasteiger partial charge < -0.3 is 0 Å². The van der Waals surface area contributed by atoms with E-state index >= 15 is 0 Å². The molecule has 1 saturated heterocycles. The number of carbonyl (C=O) groups excluding carboxylic acids is 4. The monoisotopic (exact) mass is 459 g/mol. The van der Waals surface area contributed by atoms with Crippen LogP contribution < -0.4 is 4.90 Å². The van der Waals surface area contributed by atoms with E-state index in [2.05, 4.69) is 0 Å². The van der Waals surface area contributed by atoms with Gasteiger partial charge in [0.05, 0.1) is 5.69 Å². The van der Waals surface area contributed by atoms with E-state index in [-0.39, 0.29) is 23.5 Å². The first kappa shape index (κ1) is 22.2. The predicted octanol–water partition coefficient (Wildman–Crippen LogP) is 5.35. The summed E-state index contributed by atoms with van der Waals surface area (Å²) in [6.45, 7) is 0. The van der Waals surface area contributed by atoms with E-state index < -0.39 is 23.5 Å². The fraction of sp³-hybridized carbons (Fsp3) is 0.0667. The second-order valence-corrected chi connectivity index (χ2v) is 8.35. The summed E-state index contributed by atoms with van der Waals surface area (Å²) >= 11 is 0. The second kappa shape index (κ2) is 9.31.